The molecule has 0 aromatic carbocycles. The van der Waals surface area contributed by atoms with Crippen molar-refractivity contribution < 1.29 is 18.3 Å². The van der Waals surface area contributed by atoms with Gasteiger partial charge in [-0.3, -0.25) is 0 Å². The van der Waals surface area contributed by atoms with Crippen molar-refractivity contribution in [2.45, 2.75) is 0 Å². The van der Waals surface area contributed by atoms with Gasteiger partial charge in [-0.15, -0.1) is 0 Å². The van der Waals surface area contributed by atoms with Crippen LogP contribution in [0.3, 0.4) is 0 Å². The molecule has 0 amide bonds. The molecular weight excluding hydrogens is 770 g/mol. The summed E-state index contributed by atoms with van der Waals surface area (Å²) in [6, 6.07) is 26.6. The molecule has 7 aromatic heterocycles. The van der Waals surface area contributed by atoms with E-state index in [0.29, 0.717) is 0 Å². The maximum atomic E-state index is 5.51. The summed E-state index contributed by atoms with van der Waals surface area (Å²) in [5, 5.41) is 0. The van der Waals surface area contributed by atoms with Gasteiger partial charge in [-0.2, -0.15) is 0 Å². The second kappa shape index (κ2) is 13.3. The molecule has 0 saturated carbocycles. The molecule has 8 heteroatoms. The van der Waals surface area contributed by atoms with E-state index in [2.05, 4.69) is 193 Å². The summed E-state index contributed by atoms with van der Waals surface area (Å²) in [5.41, 5.74) is 13.4. The topological polar surface area (TPSA) is 41.3 Å². The van der Waals surface area contributed by atoms with Crippen LogP contribution >= 0.6 is 0 Å². The van der Waals surface area contributed by atoms with Crippen molar-refractivity contribution >= 4 is 70.4 Å². The first-order valence-electron chi connectivity index (χ1n) is 17.2. The number of hydrogen-bond acceptors (Lipinski definition) is 2. The molecule has 0 N–H and O–H groups in total. The molecule has 2 aliphatic rings. The molecule has 0 radical (unpaired) electrons. The van der Waals surface area contributed by atoms with Crippen molar-refractivity contribution in [1.29, 1.82) is 0 Å². The van der Waals surface area contributed by atoms with Gasteiger partial charge >= 0.3 is 316 Å². The molecule has 250 valence electrons. The Hall–Kier alpha value is -5.36. The van der Waals surface area contributed by atoms with Crippen LogP contribution in [0.2, 0.25) is 0 Å². The zero-order valence-electron chi connectivity index (χ0n) is 29.4. The molecule has 2 aliphatic heterocycles. The van der Waals surface area contributed by atoms with E-state index >= 15 is 0 Å². The van der Waals surface area contributed by atoms with Crippen LogP contribution in [0.15, 0.2) is 122 Å². The van der Waals surface area contributed by atoms with Crippen LogP contribution in [-0.4, -0.2) is 39.0 Å². The monoisotopic (exact) mass is 808 g/mol. The van der Waals surface area contributed by atoms with Crippen molar-refractivity contribution in [3.8, 4) is 44.5 Å². The Kier molecular flexibility index (Phi) is 8.33. The molecule has 0 unspecified atom stereocenters. The normalized spacial score (nSPS) is 12.1. The van der Waals surface area contributed by atoms with Gasteiger partial charge in [0.2, 0.25) is 0 Å². The predicted molar refractivity (Wildman–Crippen MR) is 210 cm³/mol. The third-order valence-corrected chi connectivity index (χ3v) is 14.1. The Bertz CT molecular complexity index is 2430. The summed E-state index contributed by atoms with van der Waals surface area (Å²) in [4.78, 5) is 11.0. The second-order valence-electron chi connectivity index (χ2n) is 13.3. The second-order valence-corrected chi connectivity index (χ2v) is 17.8. The van der Waals surface area contributed by atoms with Gasteiger partial charge in [-0.25, -0.2) is 0 Å². The third kappa shape index (κ3) is 6.04. The van der Waals surface area contributed by atoms with E-state index in [1.165, 1.54) is 39.3 Å². The van der Waals surface area contributed by atoms with Gasteiger partial charge in [0.05, 0.1) is 0 Å². The standard InChI is InChI=1S/C44H36N6Se2/c1-47-21-5-9-29(25-47)41-33-13-14-34(45-33)42(30-10-6-22-48(2)26-30)39-19-20-40(52-39)44(32-12-8-24-50(4)28-32)36-16-15-35(46-36)43(38-18-17-37(41)51-38)31-11-7-23-49(3)27-31/h5-28H,1-4H3/q+4. The van der Waals surface area contributed by atoms with Crippen LogP contribution in [0, 0.1) is 0 Å². The van der Waals surface area contributed by atoms with Crippen LogP contribution in [0.5, 0.6) is 0 Å². The molecule has 52 heavy (non-hydrogen) atoms. The number of rotatable bonds is 4. The van der Waals surface area contributed by atoms with Crippen molar-refractivity contribution in [2.75, 3.05) is 0 Å². The van der Waals surface area contributed by atoms with E-state index in [1.807, 2.05) is 0 Å². The summed E-state index contributed by atoms with van der Waals surface area (Å²) in [6.07, 6.45) is 26.1. The molecule has 0 atom stereocenters. The average Bonchev–Trinajstić information content (AvgIpc) is 3.96. The van der Waals surface area contributed by atoms with Crippen LogP contribution in [-0.2, 0) is 28.2 Å². The van der Waals surface area contributed by atoms with Crippen LogP contribution in [0.1, 0.15) is 22.8 Å². The van der Waals surface area contributed by atoms with E-state index in [9.17, 15) is 0 Å². The third-order valence-electron chi connectivity index (χ3n) is 9.42. The minimum atomic E-state index is -0.00453. The molecule has 0 fully saturated rings. The molecule has 0 aliphatic carbocycles. The van der Waals surface area contributed by atoms with E-state index in [4.69, 9.17) is 9.97 Å². The molecule has 8 bridgehead atoms. The van der Waals surface area contributed by atoms with Crippen molar-refractivity contribution in [3.05, 3.63) is 145 Å². The first-order chi connectivity index (χ1) is 25.4. The maximum absolute atomic E-state index is 5.51. The first-order valence-corrected chi connectivity index (χ1v) is 20.6. The van der Waals surface area contributed by atoms with Crippen LogP contribution in [0.25, 0.3) is 85.9 Å². The summed E-state index contributed by atoms with van der Waals surface area (Å²) in [6.45, 7) is 0. The average molecular weight is 807 g/mol. The van der Waals surface area contributed by atoms with Gasteiger partial charge in [0.25, 0.3) is 0 Å². The molecule has 0 saturated heterocycles. The molecule has 9 heterocycles. The van der Waals surface area contributed by atoms with Crippen molar-refractivity contribution in [1.82, 2.24) is 9.97 Å². The van der Waals surface area contributed by atoms with Gasteiger partial charge in [-0.1, -0.05) is 0 Å². The molecule has 7 aromatic rings. The van der Waals surface area contributed by atoms with E-state index in [1.54, 1.807) is 0 Å². The zero-order valence-corrected chi connectivity index (χ0v) is 32.8. The van der Waals surface area contributed by atoms with Gasteiger partial charge in [-0.05, 0) is 0 Å². The van der Waals surface area contributed by atoms with Crippen LogP contribution < -0.4 is 18.3 Å². The van der Waals surface area contributed by atoms with Crippen molar-refractivity contribution in [2.24, 2.45) is 28.2 Å². The minimum absolute atomic E-state index is 0.00453. The molecular formula is C44H36N6Se2+4. The SMILES string of the molecule is C[n+]1cccc(-c2c3nc(c(-c4ccc[n+](C)c4)c4ccc([se]4)c(-c4ccc[n+](C)c4)c4nc(c(-c5ccc[n+](C)c5)c5ccc2[se]5)C=C4)C=C3)c1. The van der Waals surface area contributed by atoms with Gasteiger partial charge in [0.15, 0.2) is 0 Å². The van der Waals surface area contributed by atoms with Crippen LogP contribution in [0.4, 0.5) is 0 Å². The zero-order chi connectivity index (χ0) is 35.3. The fraction of sp³-hybridized carbons (Fsp3) is 0.0909. The number of hydrogen-bond donors (Lipinski definition) is 0. The van der Waals surface area contributed by atoms with E-state index < -0.39 is 0 Å². The van der Waals surface area contributed by atoms with Gasteiger partial charge in [0, 0.05) is 0 Å². The number of aromatic nitrogens is 6. The van der Waals surface area contributed by atoms with Crippen molar-refractivity contribution in [3.63, 3.8) is 0 Å². The van der Waals surface area contributed by atoms with Gasteiger partial charge in [0.1, 0.15) is 0 Å². The molecule has 6 nitrogen and oxygen atoms in total. The number of aryl methyl sites for hydroxylation is 4. The summed E-state index contributed by atoms with van der Waals surface area (Å²) < 4.78 is 13.7. The van der Waals surface area contributed by atoms with Gasteiger partial charge < -0.3 is 0 Å². The fourth-order valence-electron chi connectivity index (χ4n) is 7.10. The predicted octanol–water partition coefficient (Wildman–Crippen LogP) is 6.08. The Morgan fingerprint density at radius 2 is 0.615 bits per heavy atom. The number of pyridine rings is 4. The quantitative estimate of drug-likeness (QED) is 0.160. The van der Waals surface area contributed by atoms with E-state index in [0.717, 1.165) is 45.0 Å². The Morgan fingerprint density at radius 3 is 0.846 bits per heavy atom. The molecule has 9 rings (SSSR count). The number of nitrogens with zero attached hydrogens (tertiary/aromatic N) is 6. The summed E-state index contributed by atoms with van der Waals surface area (Å²) in [7, 11) is 8.34. The van der Waals surface area contributed by atoms with E-state index in [-0.39, 0.29) is 29.0 Å². The summed E-state index contributed by atoms with van der Waals surface area (Å²) in [5.74, 6) is 0. The Balaban J connectivity index is 1.49. The Labute approximate surface area is 314 Å². The molecule has 0 spiro atoms. The number of fused-ring (bicyclic) bond motifs is 8. The first kappa shape index (κ1) is 32.5. The Morgan fingerprint density at radius 1 is 0.365 bits per heavy atom. The fourth-order valence-corrected chi connectivity index (χ4v) is 12.0. The summed E-state index contributed by atoms with van der Waals surface area (Å²) >= 11 is -0.00906.